The minimum absolute atomic E-state index is 0.104. The van der Waals surface area contributed by atoms with Gasteiger partial charge in [0.25, 0.3) is 5.56 Å². The Balaban J connectivity index is 1.57. The number of pyridine rings is 1. The highest BCUT2D eigenvalue weighted by atomic mass is 35.5. The molecule has 2 aromatic carbocycles. The molecule has 1 unspecified atom stereocenters. The number of fused-ring (bicyclic) bond motifs is 1. The zero-order valence-corrected chi connectivity index (χ0v) is 18.0. The first-order valence-electron chi connectivity index (χ1n) is 10.5. The number of aromatic nitrogens is 1. The van der Waals surface area contributed by atoms with E-state index in [1.165, 1.54) is 12.1 Å². The molecule has 1 aliphatic rings. The first-order valence-corrected chi connectivity index (χ1v) is 10.9. The average Bonchev–Trinajstić information content (AvgIpc) is 2.74. The van der Waals surface area contributed by atoms with Gasteiger partial charge in [-0.15, -0.1) is 0 Å². The molecule has 1 aliphatic carbocycles. The fraction of sp³-hybridized carbons (Fsp3) is 0.375. The van der Waals surface area contributed by atoms with E-state index in [9.17, 15) is 13.6 Å². The third-order valence-corrected chi connectivity index (χ3v) is 6.83. The Morgan fingerprint density at radius 2 is 1.87 bits per heavy atom. The molecule has 0 saturated heterocycles. The van der Waals surface area contributed by atoms with Crippen LogP contribution in [0.1, 0.15) is 44.6 Å². The summed E-state index contributed by atoms with van der Waals surface area (Å²) < 4.78 is 34.1. The molecule has 1 aromatic heterocycles. The lowest BCUT2D eigenvalue weighted by Crippen LogP contribution is -2.49. The molecule has 1 heterocycles. The van der Waals surface area contributed by atoms with Crippen molar-refractivity contribution in [2.24, 2.45) is 5.73 Å². The number of benzene rings is 2. The van der Waals surface area contributed by atoms with Gasteiger partial charge in [-0.1, -0.05) is 18.5 Å². The molecular weight excluding hydrogens is 422 g/mol. The van der Waals surface area contributed by atoms with Crippen LogP contribution in [0.5, 0.6) is 5.75 Å². The van der Waals surface area contributed by atoms with Crippen molar-refractivity contribution in [2.75, 3.05) is 0 Å². The molecule has 1 atom stereocenters. The van der Waals surface area contributed by atoms with Crippen LogP contribution in [0.15, 0.2) is 47.4 Å². The van der Waals surface area contributed by atoms with Crippen LogP contribution < -0.4 is 16.0 Å². The van der Waals surface area contributed by atoms with Gasteiger partial charge in [0, 0.05) is 29.1 Å². The van der Waals surface area contributed by atoms with Gasteiger partial charge in [-0.2, -0.15) is 0 Å². The van der Waals surface area contributed by atoms with Gasteiger partial charge in [0.2, 0.25) is 0 Å². The predicted octanol–water partition coefficient (Wildman–Crippen LogP) is 5.46. The Hall–Kier alpha value is -2.44. The summed E-state index contributed by atoms with van der Waals surface area (Å²) in [6.07, 6.45) is 4.84. The van der Waals surface area contributed by atoms with Gasteiger partial charge in [0.05, 0.1) is 11.1 Å². The van der Waals surface area contributed by atoms with Crippen LogP contribution in [0.3, 0.4) is 0 Å². The Morgan fingerprint density at radius 1 is 1.19 bits per heavy atom. The molecular formula is C24H25ClF2N2O2. The van der Waals surface area contributed by atoms with E-state index in [4.69, 9.17) is 22.1 Å². The van der Waals surface area contributed by atoms with E-state index in [1.54, 1.807) is 24.4 Å². The van der Waals surface area contributed by atoms with E-state index >= 15 is 0 Å². The Labute approximate surface area is 184 Å². The van der Waals surface area contributed by atoms with Gasteiger partial charge in [0.1, 0.15) is 17.4 Å². The second-order valence-corrected chi connectivity index (χ2v) is 8.73. The number of hydrogen-bond donors (Lipinski definition) is 2. The summed E-state index contributed by atoms with van der Waals surface area (Å²) in [4.78, 5) is 14.6. The number of ether oxygens (including phenoxy) is 1. The van der Waals surface area contributed by atoms with Crippen molar-refractivity contribution in [3.8, 4) is 5.75 Å². The number of nitrogens with two attached hydrogens (primary N) is 1. The molecule has 0 amide bonds. The lowest BCUT2D eigenvalue weighted by molar-refractivity contribution is 0.103. The Morgan fingerprint density at radius 3 is 2.52 bits per heavy atom. The predicted molar refractivity (Wildman–Crippen MR) is 119 cm³/mol. The average molecular weight is 447 g/mol. The zero-order valence-electron chi connectivity index (χ0n) is 17.3. The number of hydrogen-bond acceptors (Lipinski definition) is 3. The Kier molecular flexibility index (Phi) is 6.04. The molecule has 164 valence electrons. The summed E-state index contributed by atoms with van der Waals surface area (Å²) in [6.45, 7) is 1.99. The van der Waals surface area contributed by atoms with Crippen LogP contribution in [-0.2, 0) is 5.41 Å². The normalized spacial score (nSPS) is 22.4. The van der Waals surface area contributed by atoms with Crippen LogP contribution in [0.2, 0.25) is 5.02 Å². The molecule has 3 N–H and O–H groups in total. The summed E-state index contributed by atoms with van der Waals surface area (Å²) in [5.41, 5.74) is 6.38. The van der Waals surface area contributed by atoms with E-state index in [1.807, 2.05) is 6.92 Å². The maximum atomic E-state index is 13.9. The van der Waals surface area contributed by atoms with Gasteiger partial charge < -0.3 is 15.5 Å². The quantitative estimate of drug-likeness (QED) is 0.547. The van der Waals surface area contributed by atoms with Crippen molar-refractivity contribution in [3.05, 3.63) is 75.2 Å². The zero-order chi connectivity index (χ0) is 22.2. The third-order valence-electron chi connectivity index (χ3n) is 6.53. The third kappa shape index (κ3) is 4.19. The number of rotatable bonds is 5. The first-order chi connectivity index (χ1) is 14.8. The minimum Gasteiger partial charge on any atom is -0.489 e. The largest absolute Gasteiger partial charge is 0.489 e. The van der Waals surface area contributed by atoms with E-state index < -0.39 is 17.0 Å². The number of H-pyrrole nitrogens is 1. The van der Waals surface area contributed by atoms with Crippen LogP contribution in [0.4, 0.5) is 8.78 Å². The fourth-order valence-electron chi connectivity index (χ4n) is 4.79. The van der Waals surface area contributed by atoms with Crippen molar-refractivity contribution in [2.45, 2.75) is 56.6 Å². The number of halogens is 3. The van der Waals surface area contributed by atoms with Gasteiger partial charge in [-0.05, 0) is 73.4 Å². The smallest absolute Gasteiger partial charge is 0.255 e. The van der Waals surface area contributed by atoms with Crippen molar-refractivity contribution in [1.29, 1.82) is 0 Å². The summed E-state index contributed by atoms with van der Waals surface area (Å²) in [7, 11) is 0. The SMILES string of the molecule is CCC(N)[C@]1(c2cc(F)cc(F)c2)CC[C@H](Oc2cc3cc[nH]c(=O)c3cc2Cl)CC1. The van der Waals surface area contributed by atoms with Crippen LogP contribution >= 0.6 is 11.6 Å². The van der Waals surface area contributed by atoms with Gasteiger partial charge in [0.15, 0.2) is 0 Å². The topological polar surface area (TPSA) is 68.1 Å². The number of nitrogens with one attached hydrogen (secondary N) is 1. The molecule has 0 spiro atoms. The lowest BCUT2D eigenvalue weighted by atomic mass is 9.64. The molecule has 4 rings (SSSR count). The molecule has 4 nitrogen and oxygen atoms in total. The van der Waals surface area contributed by atoms with Gasteiger partial charge in [-0.25, -0.2) is 8.78 Å². The van der Waals surface area contributed by atoms with Crippen molar-refractivity contribution in [3.63, 3.8) is 0 Å². The lowest BCUT2D eigenvalue weighted by Gasteiger charge is -2.44. The van der Waals surface area contributed by atoms with Crippen LogP contribution in [0, 0.1) is 11.6 Å². The number of aromatic amines is 1. The highest BCUT2D eigenvalue weighted by molar-refractivity contribution is 6.32. The maximum absolute atomic E-state index is 13.9. The summed E-state index contributed by atoms with van der Waals surface area (Å²) >= 11 is 6.37. The van der Waals surface area contributed by atoms with Gasteiger partial charge >= 0.3 is 0 Å². The molecule has 1 saturated carbocycles. The minimum atomic E-state index is -0.589. The maximum Gasteiger partial charge on any atom is 0.255 e. The van der Waals surface area contributed by atoms with Crippen LogP contribution in [0.25, 0.3) is 10.8 Å². The monoisotopic (exact) mass is 446 g/mol. The highest BCUT2D eigenvalue weighted by Gasteiger charge is 2.42. The van der Waals surface area contributed by atoms with E-state index in [0.717, 1.165) is 11.5 Å². The summed E-state index contributed by atoms with van der Waals surface area (Å²) in [6, 6.07) is 8.65. The first kappa shape index (κ1) is 21.8. The second kappa shape index (κ2) is 8.60. The summed E-state index contributed by atoms with van der Waals surface area (Å²) in [5.74, 6) is -0.656. The van der Waals surface area contributed by atoms with Crippen molar-refractivity contribution < 1.29 is 13.5 Å². The Bertz CT molecular complexity index is 1140. The molecule has 31 heavy (non-hydrogen) atoms. The molecule has 3 aromatic rings. The highest BCUT2D eigenvalue weighted by Crippen LogP contribution is 2.44. The van der Waals surface area contributed by atoms with E-state index in [-0.39, 0.29) is 17.7 Å². The molecule has 7 heteroatoms. The molecule has 0 aliphatic heterocycles. The molecule has 1 fully saturated rings. The van der Waals surface area contributed by atoms with E-state index in [2.05, 4.69) is 4.98 Å². The standard InChI is InChI=1S/C24H25ClF2N2O2/c1-2-22(28)24(15-10-16(26)12-17(27)11-15)6-3-18(4-7-24)31-21-9-14-5-8-29-23(30)19(14)13-20(21)25/h5,8-13,18,22H,2-4,6-7,28H2,1H3,(H,29,30)/t18-,22?,24+. The fourth-order valence-corrected chi connectivity index (χ4v) is 5.00. The summed E-state index contributed by atoms with van der Waals surface area (Å²) in [5, 5.41) is 1.62. The van der Waals surface area contributed by atoms with E-state index in [0.29, 0.717) is 53.8 Å². The van der Waals surface area contributed by atoms with Crippen LogP contribution in [-0.4, -0.2) is 17.1 Å². The molecule has 0 bridgehead atoms. The van der Waals surface area contributed by atoms with Crippen molar-refractivity contribution in [1.82, 2.24) is 4.98 Å². The van der Waals surface area contributed by atoms with Gasteiger partial charge in [-0.3, -0.25) is 4.79 Å². The van der Waals surface area contributed by atoms with Crippen molar-refractivity contribution >= 4 is 22.4 Å². The molecule has 0 radical (unpaired) electrons. The second-order valence-electron chi connectivity index (χ2n) is 8.32.